The highest BCUT2D eigenvalue weighted by atomic mass is 35.5. The van der Waals surface area contributed by atoms with Crippen molar-refractivity contribution >= 4 is 29.1 Å². The molecule has 2 heterocycles. The smallest absolute Gasteiger partial charge is 0.255 e. The van der Waals surface area contributed by atoms with Crippen LogP contribution in [0.4, 0.5) is 5.69 Å². The Morgan fingerprint density at radius 3 is 2.53 bits per heavy atom. The summed E-state index contributed by atoms with van der Waals surface area (Å²) < 4.78 is 5.31. The first-order valence-corrected chi connectivity index (χ1v) is 12.0. The van der Waals surface area contributed by atoms with Gasteiger partial charge in [0.05, 0.1) is 11.3 Å². The topological polar surface area (TPSA) is 88.3 Å². The molecule has 8 heteroatoms. The maximum atomic E-state index is 13.2. The summed E-state index contributed by atoms with van der Waals surface area (Å²) in [5.41, 5.74) is 1.89. The molecule has 0 saturated carbocycles. The molecule has 0 bridgehead atoms. The lowest BCUT2D eigenvalue weighted by Crippen LogP contribution is -2.42. The van der Waals surface area contributed by atoms with Crippen LogP contribution in [-0.2, 0) is 11.2 Å². The Morgan fingerprint density at radius 2 is 1.79 bits per heavy atom. The van der Waals surface area contributed by atoms with E-state index < -0.39 is 0 Å². The van der Waals surface area contributed by atoms with Gasteiger partial charge in [0.1, 0.15) is 0 Å². The summed E-state index contributed by atoms with van der Waals surface area (Å²) in [6, 6.07) is 14.4. The number of aryl methyl sites for hydroxylation is 1. The maximum Gasteiger partial charge on any atom is 0.255 e. The molecule has 2 unspecified atom stereocenters. The van der Waals surface area contributed by atoms with Gasteiger partial charge in [-0.2, -0.15) is 4.98 Å². The van der Waals surface area contributed by atoms with E-state index in [1.807, 2.05) is 29.2 Å². The van der Waals surface area contributed by atoms with Gasteiger partial charge >= 0.3 is 0 Å². The zero-order valence-corrected chi connectivity index (χ0v) is 20.2. The summed E-state index contributed by atoms with van der Waals surface area (Å²) >= 11 is 5.92. The monoisotopic (exact) mass is 480 g/mol. The molecule has 178 valence electrons. The minimum absolute atomic E-state index is 0.0325. The molecule has 0 spiro atoms. The molecule has 0 aliphatic carbocycles. The van der Waals surface area contributed by atoms with Gasteiger partial charge in [-0.05, 0) is 61.1 Å². The number of aromatic nitrogens is 2. The first-order chi connectivity index (χ1) is 16.4. The zero-order chi connectivity index (χ0) is 24.1. The van der Waals surface area contributed by atoms with Gasteiger partial charge in [0.25, 0.3) is 5.91 Å². The third kappa shape index (κ3) is 6.03. The lowest BCUT2D eigenvalue weighted by Gasteiger charge is -2.35. The number of nitrogens with zero attached hydrogens (tertiary/aromatic N) is 3. The van der Waals surface area contributed by atoms with Crippen LogP contribution in [0.5, 0.6) is 0 Å². The third-order valence-electron chi connectivity index (χ3n) is 5.95. The second-order valence-corrected chi connectivity index (χ2v) is 9.56. The molecular formula is C26H29ClN4O3. The number of carbonyl (C=O) groups is 2. The summed E-state index contributed by atoms with van der Waals surface area (Å²) in [6.45, 7) is 5.83. The van der Waals surface area contributed by atoms with Crippen molar-refractivity contribution in [3.63, 3.8) is 0 Å². The highest BCUT2D eigenvalue weighted by Crippen LogP contribution is 2.25. The number of likely N-dealkylation sites (tertiary alicyclic amines) is 1. The number of nitrogens with one attached hydrogen (secondary N) is 1. The molecule has 1 aliphatic rings. The molecule has 4 rings (SSSR count). The van der Waals surface area contributed by atoms with E-state index in [0.717, 1.165) is 25.1 Å². The summed E-state index contributed by atoms with van der Waals surface area (Å²) in [5.74, 6) is 1.72. The first kappa shape index (κ1) is 24.0. The number of carbonyl (C=O) groups excluding carboxylic acids is 2. The standard InChI is InChI=1S/C26H29ClN4O3/c1-17-14-18(2)16-31(15-17)26(33)21-6-3-4-7-22(21)28-23(32)8-5-9-24-29-25(30-34-24)19-10-12-20(27)13-11-19/h3-4,6-7,10-13,17-18H,5,8-9,14-16H2,1-2H3,(H,28,32). The van der Waals surface area contributed by atoms with Gasteiger partial charge in [-0.1, -0.05) is 42.7 Å². The van der Waals surface area contributed by atoms with E-state index in [4.69, 9.17) is 16.1 Å². The van der Waals surface area contributed by atoms with Crippen LogP contribution in [0.25, 0.3) is 11.4 Å². The largest absolute Gasteiger partial charge is 0.339 e. The molecule has 2 aromatic carbocycles. The molecule has 1 fully saturated rings. The number of amides is 2. The van der Waals surface area contributed by atoms with Crippen molar-refractivity contribution < 1.29 is 14.1 Å². The Balaban J connectivity index is 1.32. The predicted molar refractivity (Wildman–Crippen MR) is 132 cm³/mol. The van der Waals surface area contributed by atoms with Crippen molar-refractivity contribution in [1.29, 1.82) is 0 Å². The van der Waals surface area contributed by atoms with Crippen LogP contribution in [-0.4, -0.2) is 39.9 Å². The Kier molecular flexibility index (Phi) is 7.63. The van der Waals surface area contributed by atoms with Gasteiger partial charge in [0, 0.05) is 36.5 Å². The van der Waals surface area contributed by atoms with Crippen LogP contribution in [0, 0.1) is 11.8 Å². The lowest BCUT2D eigenvalue weighted by molar-refractivity contribution is -0.116. The van der Waals surface area contributed by atoms with E-state index >= 15 is 0 Å². The summed E-state index contributed by atoms with van der Waals surface area (Å²) in [4.78, 5) is 32.1. The predicted octanol–water partition coefficient (Wildman–Crippen LogP) is 5.47. The van der Waals surface area contributed by atoms with Crippen LogP contribution in [0.3, 0.4) is 0 Å². The normalized spacial score (nSPS) is 18.0. The average molecular weight is 481 g/mol. The van der Waals surface area contributed by atoms with E-state index in [1.165, 1.54) is 0 Å². The molecule has 2 amide bonds. The number of hydrogen-bond donors (Lipinski definition) is 1. The third-order valence-corrected chi connectivity index (χ3v) is 6.20. The minimum Gasteiger partial charge on any atom is -0.339 e. The van der Waals surface area contributed by atoms with Crippen molar-refractivity contribution in [3.8, 4) is 11.4 Å². The van der Waals surface area contributed by atoms with Gasteiger partial charge in [-0.3, -0.25) is 9.59 Å². The maximum absolute atomic E-state index is 13.2. The van der Waals surface area contributed by atoms with Crippen LogP contribution < -0.4 is 5.32 Å². The van der Waals surface area contributed by atoms with Crippen LogP contribution in [0.15, 0.2) is 53.1 Å². The van der Waals surface area contributed by atoms with E-state index in [2.05, 4.69) is 29.3 Å². The highest BCUT2D eigenvalue weighted by molar-refractivity contribution is 6.30. The molecule has 7 nitrogen and oxygen atoms in total. The Hall–Kier alpha value is -3.19. The molecule has 34 heavy (non-hydrogen) atoms. The molecular weight excluding hydrogens is 452 g/mol. The first-order valence-electron chi connectivity index (χ1n) is 11.7. The number of hydrogen-bond acceptors (Lipinski definition) is 5. The average Bonchev–Trinajstić information content (AvgIpc) is 3.28. The number of piperidine rings is 1. The fourth-order valence-corrected chi connectivity index (χ4v) is 4.59. The van der Waals surface area contributed by atoms with E-state index in [0.29, 0.717) is 52.7 Å². The number of rotatable bonds is 7. The molecule has 0 radical (unpaired) electrons. The second kappa shape index (κ2) is 10.8. The fourth-order valence-electron chi connectivity index (χ4n) is 4.46. The summed E-state index contributed by atoms with van der Waals surface area (Å²) in [6.07, 6.45) is 2.44. The second-order valence-electron chi connectivity index (χ2n) is 9.12. The Morgan fingerprint density at radius 1 is 1.09 bits per heavy atom. The van der Waals surface area contributed by atoms with Gasteiger partial charge in [-0.15, -0.1) is 0 Å². The summed E-state index contributed by atoms with van der Waals surface area (Å²) in [5, 5.41) is 7.55. The van der Waals surface area contributed by atoms with Gasteiger partial charge < -0.3 is 14.7 Å². The van der Waals surface area contributed by atoms with Gasteiger partial charge in [-0.25, -0.2) is 0 Å². The molecule has 1 aromatic heterocycles. The van der Waals surface area contributed by atoms with Crippen molar-refractivity contribution in [2.24, 2.45) is 11.8 Å². The molecule has 1 aliphatic heterocycles. The van der Waals surface area contributed by atoms with Crippen molar-refractivity contribution in [3.05, 3.63) is 65.0 Å². The van der Waals surface area contributed by atoms with Crippen molar-refractivity contribution in [1.82, 2.24) is 15.0 Å². The fraction of sp³-hybridized carbons (Fsp3) is 0.385. The van der Waals surface area contributed by atoms with E-state index in [-0.39, 0.29) is 18.2 Å². The van der Waals surface area contributed by atoms with Gasteiger partial charge in [0.2, 0.25) is 17.6 Å². The number of anilines is 1. The van der Waals surface area contributed by atoms with Crippen LogP contribution in [0.2, 0.25) is 5.02 Å². The molecule has 3 aromatic rings. The van der Waals surface area contributed by atoms with Crippen molar-refractivity contribution in [2.45, 2.75) is 39.5 Å². The minimum atomic E-state index is -0.155. The molecule has 1 N–H and O–H groups in total. The van der Waals surface area contributed by atoms with E-state index in [1.54, 1.807) is 24.3 Å². The lowest BCUT2D eigenvalue weighted by atomic mass is 9.91. The number of benzene rings is 2. The van der Waals surface area contributed by atoms with Gasteiger partial charge in [0.15, 0.2) is 0 Å². The SMILES string of the molecule is CC1CC(C)CN(C(=O)c2ccccc2NC(=O)CCCc2nc(-c3ccc(Cl)cc3)no2)C1. The summed E-state index contributed by atoms with van der Waals surface area (Å²) in [7, 11) is 0. The number of para-hydroxylation sites is 1. The zero-order valence-electron chi connectivity index (χ0n) is 19.5. The highest BCUT2D eigenvalue weighted by Gasteiger charge is 2.27. The Labute approximate surface area is 204 Å². The molecule has 2 atom stereocenters. The van der Waals surface area contributed by atoms with Crippen LogP contribution >= 0.6 is 11.6 Å². The van der Waals surface area contributed by atoms with Crippen LogP contribution in [0.1, 0.15) is 49.4 Å². The quantitative estimate of drug-likeness (QED) is 0.484. The van der Waals surface area contributed by atoms with E-state index in [9.17, 15) is 9.59 Å². The number of halogens is 1. The van der Waals surface area contributed by atoms with Crippen molar-refractivity contribution in [2.75, 3.05) is 18.4 Å². The Bertz CT molecular complexity index is 1130. The molecule has 1 saturated heterocycles.